The maximum absolute atomic E-state index is 11.3. The van der Waals surface area contributed by atoms with Gasteiger partial charge in [0.2, 0.25) is 0 Å². The first-order valence-electron chi connectivity index (χ1n) is 4.21. The number of nitrogens with zero attached hydrogens (tertiary/aromatic N) is 2. The molecule has 1 heterocycles. The summed E-state index contributed by atoms with van der Waals surface area (Å²) in [7, 11) is 0. The van der Waals surface area contributed by atoms with E-state index in [9.17, 15) is 20.0 Å². The third kappa shape index (κ3) is 2.12. The van der Waals surface area contributed by atoms with Crippen LogP contribution in [0.3, 0.4) is 0 Å². The maximum Gasteiger partial charge on any atom is 0.395 e. The summed E-state index contributed by atoms with van der Waals surface area (Å²) in [6, 6.07) is 0. The molecule has 0 aliphatic heterocycles. The number of H-pyrrole nitrogens is 1. The van der Waals surface area contributed by atoms with Gasteiger partial charge in [0.05, 0.1) is 4.92 Å². The summed E-state index contributed by atoms with van der Waals surface area (Å²) < 4.78 is 0. The Balaban J connectivity index is 3.46. The van der Waals surface area contributed by atoms with Gasteiger partial charge in [-0.3, -0.25) is 14.9 Å². The molecule has 0 radical (unpaired) electrons. The molecule has 1 aromatic heterocycles. The van der Waals surface area contributed by atoms with Crippen molar-refractivity contribution in [2.45, 2.75) is 26.2 Å². The molecule has 82 valence electrons. The molecule has 0 bridgehead atoms. The van der Waals surface area contributed by atoms with E-state index in [4.69, 9.17) is 0 Å². The van der Waals surface area contributed by atoms with Crippen LogP contribution in [-0.4, -0.2) is 20.0 Å². The third-order valence-corrected chi connectivity index (χ3v) is 1.77. The van der Waals surface area contributed by atoms with Gasteiger partial charge in [-0.2, -0.15) is 4.98 Å². The van der Waals surface area contributed by atoms with Crippen LogP contribution in [0.5, 0.6) is 5.88 Å². The summed E-state index contributed by atoms with van der Waals surface area (Å²) in [5.41, 5.74) is -2.37. The minimum Gasteiger partial charge on any atom is -0.488 e. The third-order valence-electron chi connectivity index (χ3n) is 1.77. The fraction of sp³-hybridized carbons (Fsp3) is 0.500. The van der Waals surface area contributed by atoms with Gasteiger partial charge >= 0.3 is 11.2 Å². The zero-order valence-corrected chi connectivity index (χ0v) is 8.57. The van der Waals surface area contributed by atoms with E-state index >= 15 is 0 Å². The van der Waals surface area contributed by atoms with Crippen molar-refractivity contribution >= 4 is 5.69 Å². The molecule has 0 atom stereocenters. The Kier molecular flexibility index (Phi) is 2.48. The van der Waals surface area contributed by atoms with Crippen LogP contribution in [-0.2, 0) is 5.41 Å². The van der Waals surface area contributed by atoms with Crippen LogP contribution in [0.4, 0.5) is 5.69 Å². The Morgan fingerprint density at radius 3 is 2.33 bits per heavy atom. The zero-order chi connectivity index (χ0) is 11.8. The molecule has 0 amide bonds. The molecule has 7 nitrogen and oxygen atoms in total. The second-order valence-corrected chi connectivity index (χ2v) is 4.09. The summed E-state index contributed by atoms with van der Waals surface area (Å²) in [5.74, 6) is -0.649. The smallest absolute Gasteiger partial charge is 0.395 e. The Bertz CT molecular complexity index is 458. The Morgan fingerprint density at radius 2 is 2.00 bits per heavy atom. The molecule has 1 aromatic rings. The first-order valence-corrected chi connectivity index (χ1v) is 4.21. The highest BCUT2D eigenvalue weighted by Crippen LogP contribution is 2.22. The second kappa shape index (κ2) is 3.34. The fourth-order valence-electron chi connectivity index (χ4n) is 0.975. The molecular formula is C8H11N3O4. The number of aromatic amines is 1. The fourth-order valence-corrected chi connectivity index (χ4v) is 0.975. The lowest BCUT2D eigenvalue weighted by Gasteiger charge is -2.16. The SMILES string of the molecule is CC(C)(C)c1nc(O)c([N+](=O)[O-])c(=O)[nH]1. The van der Waals surface area contributed by atoms with E-state index in [1.54, 1.807) is 20.8 Å². The minimum absolute atomic E-state index is 0.204. The van der Waals surface area contributed by atoms with Gasteiger partial charge in [0, 0.05) is 5.41 Å². The van der Waals surface area contributed by atoms with Crippen molar-refractivity contribution in [3.8, 4) is 5.88 Å². The van der Waals surface area contributed by atoms with Crippen molar-refractivity contribution in [2.24, 2.45) is 0 Å². The molecule has 0 spiro atoms. The Labute approximate surface area is 84.9 Å². The highest BCUT2D eigenvalue weighted by molar-refractivity contribution is 5.37. The van der Waals surface area contributed by atoms with E-state index in [1.807, 2.05) is 0 Å². The van der Waals surface area contributed by atoms with Crippen molar-refractivity contribution in [1.82, 2.24) is 9.97 Å². The van der Waals surface area contributed by atoms with Crippen molar-refractivity contribution in [3.05, 3.63) is 26.3 Å². The van der Waals surface area contributed by atoms with E-state index in [-0.39, 0.29) is 5.82 Å². The van der Waals surface area contributed by atoms with Crippen LogP contribution in [0.15, 0.2) is 4.79 Å². The van der Waals surface area contributed by atoms with Gasteiger partial charge in [-0.05, 0) is 0 Å². The van der Waals surface area contributed by atoms with E-state index in [2.05, 4.69) is 9.97 Å². The lowest BCUT2D eigenvalue weighted by atomic mass is 9.96. The van der Waals surface area contributed by atoms with Crippen LogP contribution < -0.4 is 5.56 Å². The van der Waals surface area contributed by atoms with E-state index in [0.717, 1.165) is 0 Å². The summed E-state index contributed by atoms with van der Waals surface area (Å²) in [6.45, 7) is 5.28. The number of hydrogen-bond acceptors (Lipinski definition) is 5. The molecule has 0 fully saturated rings. The van der Waals surface area contributed by atoms with Gasteiger partial charge in [0.25, 0.3) is 5.88 Å². The van der Waals surface area contributed by atoms with Crippen molar-refractivity contribution in [2.75, 3.05) is 0 Å². The summed E-state index contributed by atoms with van der Waals surface area (Å²) in [4.78, 5) is 26.5. The van der Waals surface area contributed by atoms with Crippen LogP contribution in [0.25, 0.3) is 0 Å². The molecule has 0 unspecified atom stereocenters. The lowest BCUT2D eigenvalue weighted by Crippen LogP contribution is -2.23. The van der Waals surface area contributed by atoms with Crippen LogP contribution in [0.2, 0.25) is 0 Å². The average Bonchev–Trinajstić information content (AvgIpc) is 1.99. The largest absolute Gasteiger partial charge is 0.488 e. The van der Waals surface area contributed by atoms with Gasteiger partial charge in [-0.15, -0.1) is 0 Å². The number of nitrogens with one attached hydrogen (secondary N) is 1. The average molecular weight is 213 g/mol. The summed E-state index contributed by atoms with van der Waals surface area (Å²) in [6.07, 6.45) is 0. The summed E-state index contributed by atoms with van der Waals surface area (Å²) >= 11 is 0. The molecule has 0 aromatic carbocycles. The predicted octanol–water partition coefficient (Wildman–Crippen LogP) is 0.681. The van der Waals surface area contributed by atoms with Crippen molar-refractivity contribution in [3.63, 3.8) is 0 Å². The summed E-state index contributed by atoms with van der Waals surface area (Å²) in [5, 5.41) is 19.6. The topological polar surface area (TPSA) is 109 Å². The highest BCUT2D eigenvalue weighted by atomic mass is 16.6. The molecule has 15 heavy (non-hydrogen) atoms. The molecular weight excluding hydrogens is 202 g/mol. The quantitative estimate of drug-likeness (QED) is 0.526. The van der Waals surface area contributed by atoms with Crippen molar-refractivity contribution in [1.29, 1.82) is 0 Å². The van der Waals surface area contributed by atoms with Crippen LogP contribution in [0.1, 0.15) is 26.6 Å². The van der Waals surface area contributed by atoms with Gasteiger partial charge in [0.1, 0.15) is 5.82 Å². The predicted molar refractivity (Wildman–Crippen MR) is 51.9 cm³/mol. The number of aromatic nitrogens is 2. The molecule has 2 N–H and O–H groups in total. The van der Waals surface area contributed by atoms with Gasteiger partial charge in [-0.25, -0.2) is 0 Å². The Hall–Kier alpha value is -1.92. The van der Waals surface area contributed by atoms with Crippen LogP contribution in [0, 0.1) is 10.1 Å². The Morgan fingerprint density at radius 1 is 1.47 bits per heavy atom. The van der Waals surface area contributed by atoms with E-state index < -0.39 is 27.5 Å². The number of hydrogen-bond donors (Lipinski definition) is 2. The van der Waals surface area contributed by atoms with E-state index in [0.29, 0.717) is 0 Å². The number of aromatic hydroxyl groups is 1. The maximum atomic E-state index is 11.3. The molecule has 1 rings (SSSR count). The minimum atomic E-state index is -0.965. The number of nitro groups is 1. The first-order chi connectivity index (χ1) is 6.73. The van der Waals surface area contributed by atoms with Crippen LogP contribution >= 0.6 is 0 Å². The van der Waals surface area contributed by atoms with Gasteiger partial charge < -0.3 is 10.1 Å². The molecule has 0 saturated carbocycles. The monoisotopic (exact) mass is 213 g/mol. The van der Waals surface area contributed by atoms with Gasteiger partial charge in [0.15, 0.2) is 0 Å². The second-order valence-electron chi connectivity index (χ2n) is 4.09. The molecule has 7 heteroatoms. The first kappa shape index (κ1) is 11.2. The highest BCUT2D eigenvalue weighted by Gasteiger charge is 2.26. The zero-order valence-electron chi connectivity index (χ0n) is 8.57. The standard InChI is InChI=1S/C8H11N3O4/c1-8(2,3)7-9-5(12)4(11(14)15)6(13)10-7/h1-3H3,(H2,9,10,12,13). The number of rotatable bonds is 1. The van der Waals surface area contributed by atoms with Gasteiger partial charge in [-0.1, -0.05) is 20.8 Å². The normalized spacial score (nSPS) is 11.4. The molecule has 0 saturated heterocycles. The van der Waals surface area contributed by atoms with Crippen molar-refractivity contribution < 1.29 is 10.0 Å². The van der Waals surface area contributed by atoms with E-state index in [1.165, 1.54) is 0 Å². The lowest BCUT2D eigenvalue weighted by molar-refractivity contribution is -0.387. The molecule has 0 aliphatic carbocycles. The molecule has 0 aliphatic rings.